The zero-order valence-corrected chi connectivity index (χ0v) is 11.7. The van der Waals surface area contributed by atoms with Crippen LogP contribution in [0.4, 0.5) is 25.2 Å². The zero-order valence-electron chi connectivity index (χ0n) is 10.0. The highest BCUT2D eigenvalue weighted by Gasteiger charge is 2.26. The fraction of sp³-hybridized carbons (Fsp3) is 0. The lowest BCUT2D eigenvalue weighted by Gasteiger charge is -2.07. The number of anilines is 2. The van der Waals surface area contributed by atoms with Crippen LogP contribution in [-0.4, -0.2) is 13.3 Å². The Morgan fingerprint density at radius 1 is 1.33 bits per heavy atom. The molecule has 1 heterocycles. The van der Waals surface area contributed by atoms with Crippen molar-refractivity contribution in [3.63, 3.8) is 0 Å². The molecule has 2 aromatic rings. The summed E-state index contributed by atoms with van der Waals surface area (Å²) in [5.41, 5.74) is 4.16. The van der Waals surface area contributed by atoms with Gasteiger partial charge in [0.25, 0.3) is 10.0 Å². The number of sulfonamides is 1. The van der Waals surface area contributed by atoms with E-state index in [9.17, 15) is 27.3 Å². The summed E-state index contributed by atoms with van der Waals surface area (Å²) in [6.45, 7) is 0. The Bertz CT molecular complexity index is 820. The Hall–Kier alpha value is -2.27. The van der Waals surface area contributed by atoms with E-state index in [1.165, 1.54) is 0 Å². The van der Waals surface area contributed by atoms with E-state index >= 15 is 0 Å². The van der Waals surface area contributed by atoms with Crippen LogP contribution in [0, 0.1) is 21.7 Å². The van der Waals surface area contributed by atoms with E-state index in [0.29, 0.717) is 11.3 Å². The second-order valence-electron chi connectivity index (χ2n) is 3.78. The number of benzene rings is 1. The first-order valence-corrected chi connectivity index (χ1v) is 7.53. The maximum absolute atomic E-state index is 13.4. The van der Waals surface area contributed by atoms with Crippen LogP contribution in [0.5, 0.6) is 0 Å². The van der Waals surface area contributed by atoms with Gasteiger partial charge in [-0.2, -0.15) is 0 Å². The van der Waals surface area contributed by atoms with Crippen LogP contribution in [0.1, 0.15) is 0 Å². The molecule has 11 heteroatoms. The lowest BCUT2D eigenvalue weighted by Crippen LogP contribution is -2.13. The molecule has 0 bridgehead atoms. The van der Waals surface area contributed by atoms with Gasteiger partial charge in [-0.05, 0) is 12.1 Å². The number of thiophene rings is 1. The van der Waals surface area contributed by atoms with E-state index in [-0.39, 0.29) is 5.00 Å². The number of rotatable bonds is 4. The molecule has 21 heavy (non-hydrogen) atoms. The molecule has 0 unspecified atom stereocenters. The smallest absolute Gasteiger partial charge is 0.304 e. The second-order valence-corrected chi connectivity index (χ2v) is 6.77. The normalized spacial score (nSPS) is 11.3. The van der Waals surface area contributed by atoms with Crippen molar-refractivity contribution in [2.75, 3.05) is 10.5 Å². The largest absolute Gasteiger partial charge is 0.385 e. The van der Waals surface area contributed by atoms with Gasteiger partial charge in [-0.25, -0.2) is 17.2 Å². The highest BCUT2D eigenvalue weighted by Crippen LogP contribution is 2.35. The third kappa shape index (κ3) is 2.92. The third-order valence-corrected chi connectivity index (χ3v) is 5.17. The van der Waals surface area contributed by atoms with Crippen molar-refractivity contribution in [1.29, 1.82) is 0 Å². The quantitative estimate of drug-likeness (QED) is 0.657. The molecule has 0 fully saturated rings. The van der Waals surface area contributed by atoms with Crippen molar-refractivity contribution < 1.29 is 22.1 Å². The third-order valence-electron chi connectivity index (χ3n) is 2.38. The van der Waals surface area contributed by atoms with Gasteiger partial charge in [-0.1, -0.05) is 17.4 Å². The average Bonchev–Trinajstić information content (AvgIpc) is 2.78. The van der Waals surface area contributed by atoms with Gasteiger partial charge in [0.2, 0.25) is 0 Å². The molecule has 0 radical (unpaired) electrons. The van der Waals surface area contributed by atoms with Crippen molar-refractivity contribution in [3.8, 4) is 0 Å². The Morgan fingerprint density at radius 2 is 2.00 bits per heavy atom. The molecule has 0 spiro atoms. The molecule has 0 atom stereocenters. The summed E-state index contributed by atoms with van der Waals surface area (Å²) in [4.78, 5) is 9.79. The Kier molecular flexibility index (Phi) is 3.78. The Labute approximate surface area is 121 Å². The molecule has 0 aliphatic rings. The van der Waals surface area contributed by atoms with Gasteiger partial charge in [0.1, 0.15) is 4.21 Å². The zero-order chi connectivity index (χ0) is 15.8. The lowest BCUT2D eigenvalue weighted by atomic mass is 10.3. The molecular formula is C10H7F2N3O4S2. The first-order chi connectivity index (χ1) is 9.72. The van der Waals surface area contributed by atoms with Gasteiger partial charge in [-0.15, -0.1) is 0 Å². The van der Waals surface area contributed by atoms with E-state index < -0.39 is 42.2 Å². The highest BCUT2D eigenvalue weighted by molar-refractivity contribution is 7.94. The van der Waals surface area contributed by atoms with E-state index in [1.54, 1.807) is 0 Å². The van der Waals surface area contributed by atoms with Crippen molar-refractivity contribution in [1.82, 2.24) is 0 Å². The monoisotopic (exact) mass is 335 g/mol. The molecule has 3 N–H and O–H groups in total. The highest BCUT2D eigenvalue weighted by atomic mass is 32.2. The number of nitrogens with one attached hydrogen (secondary N) is 1. The van der Waals surface area contributed by atoms with Crippen molar-refractivity contribution in [2.45, 2.75) is 4.21 Å². The minimum Gasteiger partial charge on any atom is -0.385 e. The van der Waals surface area contributed by atoms with Crippen LogP contribution in [0.15, 0.2) is 28.5 Å². The predicted octanol–water partition coefficient (Wildman–Crippen LogP) is 2.32. The molecule has 1 aromatic heterocycles. The van der Waals surface area contributed by atoms with E-state index in [4.69, 9.17) is 5.73 Å². The molecule has 0 amide bonds. The number of nitrogens with two attached hydrogens (primary N) is 1. The van der Waals surface area contributed by atoms with Crippen molar-refractivity contribution in [3.05, 3.63) is 46.0 Å². The molecule has 2 rings (SSSR count). The van der Waals surface area contributed by atoms with Crippen LogP contribution >= 0.6 is 11.3 Å². The van der Waals surface area contributed by atoms with E-state index in [2.05, 4.69) is 0 Å². The first-order valence-electron chi connectivity index (χ1n) is 5.23. The van der Waals surface area contributed by atoms with Crippen LogP contribution in [0.3, 0.4) is 0 Å². The molecule has 0 saturated carbocycles. The summed E-state index contributed by atoms with van der Waals surface area (Å²) < 4.78 is 51.8. The fourth-order valence-electron chi connectivity index (χ4n) is 1.43. The molecular weight excluding hydrogens is 328 g/mol. The van der Waals surface area contributed by atoms with Crippen molar-refractivity contribution in [2.24, 2.45) is 0 Å². The summed E-state index contributed by atoms with van der Waals surface area (Å²) in [5, 5.41) is 10.3. The Morgan fingerprint density at radius 3 is 2.57 bits per heavy atom. The maximum Gasteiger partial charge on any atom is 0.304 e. The summed E-state index contributed by atoms with van der Waals surface area (Å²) in [6, 6.07) is 3.70. The Balaban J connectivity index is 2.41. The fourth-order valence-corrected chi connectivity index (χ4v) is 3.70. The number of halogens is 2. The SMILES string of the molecule is Nc1sc(S(=O)(=O)Nc2cccc(F)c2F)cc1[N+](=O)[O-]. The maximum atomic E-state index is 13.4. The van der Waals surface area contributed by atoms with Crippen LogP contribution in [-0.2, 0) is 10.0 Å². The van der Waals surface area contributed by atoms with Gasteiger partial charge >= 0.3 is 5.69 Å². The number of hydrogen-bond donors (Lipinski definition) is 2. The van der Waals surface area contributed by atoms with E-state index in [1.807, 2.05) is 4.72 Å². The van der Waals surface area contributed by atoms with Crippen LogP contribution in [0.2, 0.25) is 0 Å². The number of hydrogen-bond acceptors (Lipinski definition) is 6. The minimum absolute atomic E-state index is 0.305. The summed E-state index contributed by atoms with van der Waals surface area (Å²) in [5.74, 6) is -2.60. The van der Waals surface area contributed by atoms with Gasteiger partial charge in [0, 0.05) is 6.07 Å². The summed E-state index contributed by atoms with van der Waals surface area (Å²) in [7, 11) is -4.31. The second kappa shape index (κ2) is 5.26. The van der Waals surface area contributed by atoms with Gasteiger partial charge in [0.05, 0.1) is 10.6 Å². The topological polar surface area (TPSA) is 115 Å². The minimum atomic E-state index is -4.31. The molecule has 0 aliphatic carbocycles. The van der Waals surface area contributed by atoms with Crippen LogP contribution < -0.4 is 10.5 Å². The van der Waals surface area contributed by atoms with Gasteiger partial charge in [-0.3, -0.25) is 14.8 Å². The number of nitro groups is 1. The van der Waals surface area contributed by atoms with E-state index in [0.717, 1.165) is 24.3 Å². The molecule has 1 aromatic carbocycles. The molecule has 0 saturated heterocycles. The van der Waals surface area contributed by atoms with Crippen molar-refractivity contribution >= 4 is 37.7 Å². The number of nitrogen functional groups attached to an aromatic ring is 1. The predicted molar refractivity (Wildman–Crippen MR) is 72.6 cm³/mol. The van der Waals surface area contributed by atoms with Gasteiger partial charge < -0.3 is 5.73 Å². The summed E-state index contributed by atoms with van der Waals surface area (Å²) in [6.07, 6.45) is 0. The van der Waals surface area contributed by atoms with Crippen LogP contribution in [0.25, 0.3) is 0 Å². The standard InChI is InChI=1S/C10H7F2N3O4S2/c11-5-2-1-3-6(9(5)12)14-21(18,19)8-4-7(15(16)17)10(13)20-8/h1-4,14H,13H2. The summed E-state index contributed by atoms with van der Waals surface area (Å²) >= 11 is 0.448. The average molecular weight is 335 g/mol. The molecule has 112 valence electrons. The van der Waals surface area contributed by atoms with Gasteiger partial charge in [0.15, 0.2) is 16.6 Å². The first kappa shape index (κ1) is 15.1. The molecule has 0 aliphatic heterocycles. The number of nitrogens with zero attached hydrogens (tertiary/aromatic N) is 1. The molecule has 7 nitrogen and oxygen atoms in total. The lowest BCUT2D eigenvalue weighted by molar-refractivity contribution is -0.383.